The molecule has 0 aliphatic heterocycles. The Bertz CT molecular complexity index is 1190. The van der Waals surface area contributed by atoms with Gasteiger partial charge in [-0.15, -0.1) is 0 Å². The Hall–Kier alpha value is -3.25. The van der Waals surface area contributed by atoms with E-state index in [0.29, 0.717) is 0 Å². The molecule has 0 spiro atoms. The number of aliphatic hydroxyl groups excluding tert-OH is 4. The van der Waals surface area contributed by atoms with Crippen LogP contribution in [0.3, 0.4) is 0 Å². The van der Waals surface area contributed by atoms with E-state index in [0.717, 1.165) is 0 Å². The lowest BCUT2D eigenvalue weighted by atomic mass is 9.50. The van der Waals surface area contributed by atoms with Gasteiger partial charge in [-0.05, 0) is 32.6 Å². The smallest absolute Gasteiger partial charge is 0.255 e. The van der Waals surface area contributed by atoms with Gasteiger partial charge in [-0.2, -0.15) is 0 Å². The number of phenolic OH excluding ortho intramolecular Hbond substituents is 1. The molecule has 176 valence electrons. The third-order valence-electron chi connectivity index (χ3n) is 7.22. The van der Waals surface area contributed by atoms with Crippen molar-refractivity contribution in [1.29, 1.82) is 0 Å². The van der Waals surface area contributed by atoms with Crippen molar-refractivity contribution in [2.75, 3.05) is 14.1 Å². The molecule has 1 aromatic carbocycles. The molecule has 8 N–H and O–H groups in total. The van der Waals surface area contributed by atoms with Crippen LogP contribution in [0.15, 0.2) is 35.1 Å². The maximum atomic E-state index is 13.7. The number of nitrogens with zero attached hydrogens (tertiary/aromatic N) is 1. The predicted molar refractivity (Wildman–Crippen MR) is 112 cm³/mol. The number of likely N-dealkylation sites (N-methyl/N-ethyl adjacent to an activating group) is 1. The number of nitrogens with two attached hydrogens (primary N) is 1. The highest BCUT2D eigenvalue weighted by molar-refractivity contribution is 6.24. The van der Waals surface area contributed by atoms with Gasteiger partial charge in [0.2, 0.25) is 5.78 Å². The van der Waals surface area contributed by atoms with Crippen LogP contribution in [0.1, 0.15) is 24.2 Å². The maximum absolute atomic E-state index is 13.7. The van der Waals surface area contributed by atoms with Crippen molar-refractivity contribution in [3.05, 3.63) is 46.2 Å². The van der Waals surface area contributed by atoms with E-state index < -0.39 is 81.1 Å². The van der Waals surface area contributed by atoms with Gasteiger partial charge in [0.25, 0.3) is 5.91 Å². The van der Waals surface area contributed by atoms with E-state index in [9.17, 15) is 45.0 Å². The van der Waals surface area contributed by atoms with Crippen molar-refractivity contribution < 1.29 is 45.0 Å². The van der Waals surface area contributed by atoms with E-state index in [-0.39, 0.29) is 11.1 Å². The molecule has 3 aliphatic carbocycles. The molecular formula is C22H24N2O9. The number of phenols is 1. The van der Waals surface area contributed by atoms with Crippen LogP contribution in [0.25, 0.3) is 5.76 Å². The van der Waals surface area contributed by atoms with Crippen molar-refractivity contribution in [2.24, 2.45) is 17.1 Å². The Morgan fingerprint density at radius 1 is 1.12 bits per heavy atom. The number of Topliss-reactive ketones (excluding diaryl/α,β-unsaturated/α-hetero) is 2. The van der Waals surface area contributed by atoms with Crippen LogP contribution in [0, 0.1) is 11.3 Å². The number of aromatic hydroxyl groups is 1. The highest BCUT2D eigenvalue weighted by atomic mass is 16.4. The van der Waals surface area contributed by atoms with Crippen molar-refractivity contribution in [1.82, 2.24) is 4.90 Å². The summed E-state index contributed by atoms with van der Waals surface area (Å²) in [6, 6.07) is 2.49. The predicted octanol–water partition coefficient (Wildman–Crippen LogP) is -1.18. The van der Waals surface area contributed by atoms with Crippen LogP contribution in [0.2, 0.25) is 0 Å². The number of aliphatic hydroxyl groups is 5. The average molecular weight is 460 g/mol. The molecule has 0 heterocycles. The fourth-order valence-electron chi connectivity index (χ4n) is 5.57. The molecule has 1 fully saturated rings. The zero-order chi connectivity index (χ0) is 24.8. The van der Waals surface area contributed by atoms with Gasteiger partial charge >= 0.3 is 0 Å². The Balaban J connectivity index is 2.12. The first-order valence-electron chi connectivity index (χ1n) is 10.1. The maximum Gasteiger partial charge on any atom is 0.255 e. The summed E-state index contributed by atoms with van der Waals surface area (Å²) in [5.41, 5.74) is -1.69. The quantitative estimate of drug-likeness (QED) is 0.263. The summed E-state index contributed by atoms with van der Waals surface area (Å²) >= 11 is 0. The lowest BCUT2D eigenvalue weighted by Gasteiger charge is -2.57. The molecule has 11 heteroatoms. The molecule has 6 atom stereocenters. The first-order chi connectivity index (χ1) is 15.2. The van der Waals surface area contributed by atoms with E-state index in [2.05, 4.69) is 0 Å². The van der Waals surface area contributed by atoms with E-state index >= 15 is 0 Å². The fraction of sp³-hybridized carbons (Fsp3) is 0.409. The van der Waals surface area contributed by atoms with Crippen LogP contribution >= 0.6 is 0 Å². The fourth-order valence-corrected chi connectivity index (χ4v) is 5.57. The molecule has 11 nitrogen and oxygen atoms in total. The number of ketones is 2. The number of hydrogen-bond donors (Lipinski definition) is 7. The summed E-state index contributed by atoms with van der Waals surface area (Å²) in [7, 11) is 2.80. The minimum absolute atomic E-state index is 0.0113. The third kappa shape index (κ3) is 2.50. The number of benzene rings is 1. The van der Waals surface area contributed by atoms with E-state index in [1.807, 2.05) is 0 Å². The first kappa shape index (κ1) is 22.9. The summed E-state index contributed by atoms with van der Waals surface area (Å²) in [4.78, 5) is 40.0. The SMILES string of the molecule is CN(C)[C@H]1C(=O)C(C(N)=O)=C(O)[C@]2(O)C(=O)C3=C(O)c4c(O)cccc4C(O)[C@]3(C)[C@@H](O)[C@H]12. The molecule has 33 heavy (non-hydrogen) atoms. The number of amides is 1. The molecule has 0 radical (unpaired) electrons. The Labute approximate surface area is 187 Å². The van der Waals surface area contributed by atoms with Gasteiger partial charge in [0.15, 0.2) is 11.4 Å². The van der Waals surface area contributed by atoms with Crippen LogP contribution < -0.4 is 5.73 Å². The van der Waals surface area contributed by atoms with Gasteiger partial charge in [-0.3, -0.25) is 19.3 Å². The monoisotopic (exact) mass is 460 g/mol. The van der Waals surface area contributed by atoms with E-state index in [1.54, 1.807) is 0 Å². The molecule has 3 aliphatic rings. The van der Waals surface area contributed by atoms with Crippen LogP contribution in [-0.4, -0.2) is 84.9 Å². The molecule has 1 saturated carbocycles. The summed E-state index contributed by atoms with van der Waals surface area (Å²) in [5.74, 6) is -8.14. The first-order valence-corrected chi connectivity index (χ1v) is 10.1. The lowest BCUT2D eigenvalue weighted by molar-refractivity contribution is -0.187. The van der Waals surface area contributed by atoms with Gasteiger partial charge in [-0.25, -0.2) is 0 Å². The van der Waals surface area contributed by atoms with Gasteiger partial charge in [0, 0.05) is 0 Å². The molecule has 4 rings (SSSR count). The topological polar surface area (TPSA) is 202 Å². The lowest BCUT2D eigenvalue weighted by Crippen LogP contribution is -2.72. The van der Waals surface area contributed by atoms with Crippen LogP contribution in [-0.2, 0) is 14.4 Å². The Kier molecular flexibility index (Phi) is 4.78. The van der Waals surface area contributed by atoms with E-state index in [1.165, 1.54) is 44.1 Å². The second-order valence-electron chi connectivity index (χ2n) is 9.08. The zero-order valence-corrected chi connectivity index (χ0v) is 18.0. The average Bonchev–Trinajstić information content (AvgIpc) is 2.72. The minimum Gasteiger partial charge on any atom is -0.508 e. The van der Waals surface area contributed by atoms with Crippen molar-refractivity contribution >= 4 is 23.2 Å². The third-order valence-corrected chi connectivity index (χ3v) is 7.22. The normalized spacial score (nSPS) is 36.0. The zero-order valence-electron chi connectivity index (χ0n) is 18.0. The number of carbonyl (C=O) groups excluding carboxylic acids is 3. The molecule has 0 saturated heterocycles. The molecule has 0 bridgehead atoms. The number of hydrogen-bond acceptors (Lipinski definition) is 10. The van der Waals surface area contributed by atoms with Crippen LogP contribution in [0.5, 0.6) is 5.75 Å². The number of carbonyl (C=O) groups is 3. The Morgan fingerprint density at radius 2 is 1.73 bits per heavy atom. The highest BCUT2D eigenvalue weighted by Crippen LogP contribution is 2.61. The Morgan fingerprint density at radius 3 is 2.27 bits per heavy atom. The van der Waals surface area contributed by atoms with Gasteiger partial charge in [0.05, 0.1) is 40.7 Å². The van der Waals surface area contributed by atoms with Gasteiger partial charge < -0.3 is 36.4 Å². The highest BCUT2D eigenvalue weighted by Gasteiger charge is 2.72. The minimum atomic E-state index is -3.03. The van der Waals surface area contributed by atoms with Gasteiger partial charge in [-0.1, -0.05) is 12.1 Å². The summed E-state index contributed by atoms with van der Waals surface area (Å²) in [6.45, 7) is 1.26. The van der Waals surface area contributed by atoms with Crippen molar-refractivity contribution in [3.63, 3.8) is 0 Å². The molecule has 1 amide bonds. The van der Waals surface area contributed by atoms with E-state index in [4.69, 9.17) is 5.73 Å². The van der Waals surface area contributed by atoms with Gasteiger partial charge in [0.1, 0.15) is 22.8 Å². The summed E-state index contributed by atoms with van der Waals surface area (Å²) < 4.78 is 0. The van der Waals surface area contributed by atoms with Crippen LogP contribution in [0.4, 0.5) is 0 Å². The van der Waals surface area contributed by atoms with Crippen molar-refractivity contribution in [2.45, 2.75) is 30.8 Å². The summed E-state index contributed by atoms with van der Waals surface area (Å²) in [6.07, 6.45) is -3.55. The molecule has 0 aromatic heterocycles. The number of rotatable bonds is 2. The second-order valence-corrected chi connectivity index (χ2v) is 9.08. The number of primary amides is 1. The summed E-state index contributed by atoms with van der Waals surface area (Å²) in [5, 5.41) is 66.3. The molecule has 1 unspecified atom stereocenters. The number of fused-ring (bicyclic) bond motifs is 3. The second kappa shape index (κ2) is 6.87. The standard InChI is InChI=1S/C22H24N2O9/c1-21-12(14(26)9-7(16(21)28)5-4-6-8(9)25)19(31)22(33)11(18(21)30)13(24(2)3)15(27)10(17(22)29)20(23)32/h4-6,11,13,16,18,25-26,28-30,33H,1-3H3,(H2,23,32)/t11-,13+,16?,18-,21+,22-/m0/s1. The largest absolute Gasteiger partial charge is 0.508 e. The van der Waals surface area contributed by atoms with Crippen molar-refractivity contribution in [3.8, 4) is 5.75 Å². The molecular weight excluding hydrogens is 436 g/mol. The molecule has 1 aromatic rings.